The van der Waals surface area contributed by atoms with Crippen molar-refractivity contribution >= 4 is 0 Å². The number of nitrogens with one attached hydrogen (secondary N) is 2. The largest absolute Gasteiger partial charge is 0.314 e. The molecular weight excluding hydrogens is 236 g/mol. The van der Waals surface area contributed by atoms with Gasteiger partial charge in [-0.3, -0.25) is 5.10 Å². The summed E-state index contributed by atoms with van der Waals surface area (Å²) in [6.45, 7) is 8.20. The molecule has 2 rings (SSSR count). The molecule has 3 unspecified atom stereocenters. The van der Waals surface area contributed by atoms with Gasteiger partial charge in [-0.15, -0.1) is 0 Å². The Hall–Kier alpha value is -0.900. The molecule has 3 atom stereocenters. The molecule has 2 N–H and O–H groups in total. The van der Waals surface area contributed by atoms with Crippen LogP contribution in [0.5, 0.6) is 0 Å². The fraction of sp³-hybridized carbons (Fsp3) is 0.867. The molecule has 0 spiro atoms. The van der Waals surface area contributed by atoms with Gasteiger partial charge in [0.25, 0.3) is 0 Å². The molecule has 0 aliphatic heterocycles. The quantitative estimate of drug-likeness (QED) is 0.777. The average molecular weight is 264 g/mol. The van der Waals surface area contributed by atoms with Crippen LogP contribution < -0.4 is 5.32 Å². The lowest BCUT2D eigenvalue weighted by Crippen LogP contribution is -2.43. The molecule has 1 heterocycles. The van der Waals surface area contributed by atoms with Crippen molar-refractivity contribution < 1.29 is 0 Å². The van der Waals surface area contributed by atoms with Gasteiger partial charge in [0.1, 0.15) is 12.2 Å². The zero-order valence-electron chi connectivity index (χ0n) is 12.5. The summed E-state index contributed by atoms with van der Waals surface area (Å²) in [5.41, 5.74) is 0. The Kier molecular flexibility index (Phi) is 5.37. The first kappa shape index (κ1) is 14.5. The van der Waals surface area contributed by atoms with Crippen molar-refractivity contribution in [2.45, 2.75) is 58.9 Å². The van der Waals surface area contributed by atoms with E-state index in [2.05, 4.69) is 41.3 Å². The lowest BCUT2D eigenvalue weighted by atomic mass is 9.74. The third kappa shape index (κ3) is 4.30. The van der Waals surface area contributed by atoms with Gasteiger partial charge in [0.05, 0.1) is 0 Å². The lowest BCUT2D eigenvalue weighted by Gasteiger charge is -2.38. The molecule has 108 valence electrons. The van der Waals surface area contributed by atoms with Crippen LogP contribution >= 0.6 is 0 Å². The maximum absolute atomic E-state index is 4.16. The Labute approximate surface area is 116 Å². The van der Waals surface area contributed by atoms with Gasteiger partial charge in [0.2, 0.25) is 0 Å². The summed E-state index contributed by atoms with van der Waals surface area (Å²) < 4.78 is 0. The average Bonchev–Trinajstić information content (AvgIpc) is 2.87. The lowest BCUT2D eigenvalue weighted by molar-refractivity contribution is 0.170. The number of rotatable bonds is 6. The number of aryl methyl sites for hydroxylation is 1. The minimum atomic E-state index is 0.707. The standard InChI is InChI=1S/C15H28N4/c1-11(2)13-7-6-12(3)9-14(13)16-8-4-5-15-17-10-18-19-15/h10-14,16H,4-9H2,1-3H3,(H,17,18,19). The SMILES string of the molecule is CC1CCC(C(C)C)C(NCCCc2ncn[nH]2)C1. The predicted octanol–water partition coefficient (Wildman–Crippen LogP) is 2.79. The highest BCUT2D eigenvalue weighted by atomic mass is 15.2. The molecule has 1 aromatic rings. The zero-order chi connectivity index (χ0) is 13.7. The third-order valence-electron chi connectivity index (χ3n) is 4.48. The predicted molar refractivity (Wildman–Crippen MR) is 77.8 cm³/mol. The smallest absolute Gasteiger partial charge is 0.137 e. The molecule has 0 bridgehead atoms. The van der Waals surface area contributed by atoms with Gasteiger partial charge >= 0.3 is 0 Å². The third-order valence-corrected chi connectivity index (χ3v) is 4.48. The molecule has 4 nitrogen and oxygen atoms in total. The van der Waals surface area contributed by atoms with E-state index in [4.69, 9.17) is 0 Å². The van der Waals surface area contributed by atoms with Crippen LogP contribution in [0.15, 0.2) is 6.33 Å². The van der Waals surface area contributed by atoms with Crippen LogP contribution in [0.3, 0.4) is 0 Å². The van der Waals surface area contributed by atoms with E-state index in [-0.39, 0.29) is 0 Å². The zero-order valence-corrected chi connectivity index (χ0v) is 12.5. The maximum atomic E-state index is 4.16. The fourth-order valence-electron chi connectivity index (χ4n) is 3.33. The van der Waals surface area contributed by atoms with Gasteiger partial charge < -0.3 is 5.32 Å². The van der Waals surface area contributed by atoms with E-state index in [1.807, 2.05) is 0 Å². The second kappa shape index (κ2) is 7.04. The normalized spacial score (nSPS) is 27.9. The van der Waals surface area contributed by atoms with Crippen LogP contribution in [-0.4, -0.2) is 27.8 Å². The van der Waals surface area contributed by atoms with E-state index < -0.39 is 0 Å². The topological polar surface area (TPSA) is 53.6 Å². The van der Waals surface area contributed by atoms with Crippen molar-refractivity contribution in [3.63, 3.8) is 0 Å². The van der Waals surface area contributed by atoms with Crippen LogP contribution in [0.25, 0.3) is 0 Å². The molecular formula is C15H28N4. The summed E-state index contributed by atoms with van der Waals surface area (Å²) in [5, 5.41) is 10.6. The maximum Gasteiger partial charge on any atom is 0.137 e. The van der Waals surface area contributed by atoms with Gasteiger partial charge in [-0.2, -0.15) is 5.10 Å². The summed E-state index contributed by atoms with van der Waals surface area (Å²) in [5.74, 6) is 3.52. The van der Waals surface area contributed by atoms with Crippen LogP contribution in [0.2, 0.25) is 0 Å². The van der Waals surface area contributed by atoms with Gasteiger partial charge in [-0.1, -0.05) is 27.2 Å². The highest BCUT2D eigenvalue weighted by molar-refractivity contribution is 4.86. The van der Waals surface area contributed by atoms with Gasteiger partial charge in [-0.25, -0.2) is 4.98 Å². The summed E-state index contributed by atoms with van der Waals surface area (Å²) in [7, 11) is 0. The molecule has 0 saturated heterocycles. The van der Waals surface area contributed by atoms with Crippen molar-refractivity contribution in [1.82, 2.24) is 20.5 Å². The van der Waals surface area contributed by atoms with E-state index in [0.29, 0.717) is 6.04 Å². The van der Waals surface area contributed by atoms with E-state index in [1.54, 1.807) is 6.33 Å². The van der Waals surface area contributed by atoms with Crippen molar-refractivity contribution in [2.75, 3.05) is 6.54 Å². The minimum Gasteiger partial charge on any atom is -0.314 e. The molecule has 4 heteroatoms. The molecule has 0 amide bonds. The van der Waals surface area contributed by atoms with Gasteiger partial charge in [-0.05, 0) is 43.6 Å². The summed E-state index contributed by atoms with van der Waals surface area (Å²) >= 11 is 0. The van der Waals surface area contributed by atoms with Crippen LogP contribution in [0.1, 0.15) is 52.3 Å². The second-order valence-electron chi connectivity index (χ2n) is 6.42. The number of H-pyrrole nitrogens is 1. The van der Waals surface area contributed by atoms with Crippen molar-refractivity contribution in [3.05, 3.63) is 12.2 Å². The summed E-state index contributed by atoms with van der Waals surface area (Å²) in [4.78, 5) is 4.16. The van der Waals surface area contributed by atoms with Gasteiger partial charge in [0.15, 0.2) is 0 Å². The molecule has 1 fully saturated rings. The minimum absolute atomic E-state index is 0.707. The molecule has 1 saturated carbocycles. The summed E-state index contributed by atoms with van der Waals surface area (Å²) in [6, 6.07) is 0.707. The first-order valence-electron chi connectivity index (χ1n) is 7.74. The molecule has 0 radical (unpaired) electrons. The Morgan fingerprint density at radius 2 is 2.26 bits per heavy atom. The van der Waals surface area contributed by atoms with Crippen LogP contribution in [0.4, 0.5) is 0 Å². The van der Waals surface area contributed by atoms with E-state index in [0.717, 1.165) is 43.0 Å². The first-order valence-corrected chi connectivity index (χ1v) is 7.74. The van der Waals surface area contributed by atoms with Crippen LogP contribution in [-0.2, 0) is 6.42 Å². The van der Waals surface area contributed by atoms with Gasteiger partial charge in [0, 0.05) is 12.5 Å². The first-order chi connectivity index (χ1) is 9.16. The monoisotopic (exact) mass is 264 g/mol. The highest BCUT2D eigenvalue weighted by Crippen LogP contribution is 2.33. The van der Waals surface area contributed by atoms with E-state index in [1.165, 1.54) is 19.3 Å². The number of aromatic nitrogens is 3. The Balaban J connectivity index is 1.72. The van der Waals surface area contributed by atoms with E-state index in [9.17, 15) is 0 Å². The Morgan fingerprint density at radius 3 is 2.95 bits per heavy atom. The molecule has 0 aromatic carbocycles. The second-order valence-corrected chi connectivity index (χ2v) is 6.42. The highest BCUT2D eigenvalue weighted by Gasteiger charge is 2.29. The molecule has 1 aromatic heterocycles. The van der Waals surface area contributed by atoms with Crippen molar-refractivity contribution in [3.8, 4) is 0 Å². The molecule has 19 heavy (non-hydrogen) atoms. The number of nitrogens with zero attached hydrogens (tertiary/aromatic N) is 2. The number of aromatic amines is 1. The summed E-state index contributed by atoms with van der Waals surface area (Å²) in [6.07, 6.45) is 7.83. The van der Waals surface area contributed by atoms with E-state index >= 15 is 0 Å². The Morgan fingerprint density at radius 1 is 1.42 bits per heavy atom. The Bertz CT molecular complexity index is 347. The number of hydrogen-bond donors (Lipinski definition) is 2. The fourth-order valence-corrected chi connectivity index (χ4v) is 3.33. The number of hydrogen-bond acceptors (Lipinski definition) is 3. The van der Waals surface area contributed by atoms with Crippen molar-refractivity contribution in [1.29, 1.82) is 0 Å². The molecule has 1 aliphatic rings. The van der Waals surface area contributed by atoms with Crippen molar-refractivity contribution in [2.24, 2.45) is 17.8 Å². The van der Waals surface area contributed by atoms with Crippen LogP contribution in [0, 0.1) is 17.8 Å². The molecule has 1 aliphatic carbocycles.